The minimum atomic E-state index is -1.21. The number of alkyl carbamates (subject to hydrolysis) is 1. The maximum atomic E-state index is 14.2. The molecule has 0 saturated carbocycles. The Hall–Kier alpha value is -6.16. The van der Waals surface area contributed by atoms with Crippen LogP contribution in [-0.2, 0) is 25.7 Å². The quantitative estimate of drug-likeness (QED) is 0.0930. The van der Waals surface area contributed by atoms with Crippen LogP contribution in [0.3, 0.4) is 0 Å². The highest BCUT2D eigenvalue weighted by Gasteiger charge is 2.44. The fourth-order valence-corrected chi connectivity index (χ4v) is 10.4. The van der Waals surface area contributed by atoms with E-state index in [1.54, 1.807) is 0 Å². The van der Waals surface area contributed by atoms with Crippen molar-refractivity contribution in [3.8, 4) is 28.1 Å². The van der Waals surface area contributed by atoms with Crippen LogP contribution in [0.1, 0.15) is 102 Å². The zero-order valence-electron chi connectivity index (χ0n) is 36.4. The number of aromatic amines is 2. The molecule has 5 aromatic rings. The van der Waals surface area contributed by atoms with Gasteiger partial charge in [0.25, 0.3) is 0 Å². The fourth-order valence-electron chi connectivity index (χ4n) is 10.4. The number of imidazole rings is 2. The molecule has 16 heteroatoms. The molecule has 3 aromatic carbocycles. The second-order valence-corrected chi connectivity index (χ2v) is 17.8. The second kappa shape index (κ2) is 17.2. The van der Waals surface area contributed by atoms with E-state index in [2.05, 4.69) is 63.9 Å². The zero-order valence-corrected chi connectivity index (χ0v) is 36.4. The predicted molar refractivity (Wildman–Crippen MR) is 235 cm³/mol. The number of ether oxygens (including phenoxy) is 3. The molecule has 6 heterocycles. The lowest BCUT2D eigenvalue weighted by atomic mass is 9.90. The first-order chi connectivity index (χ1) is 30.4. The summed E-state index contributed by atoms with van der Waals surface area (Å²) in [6.07, 6.45) is 5.10. The molecule has 2 aromatic heterocycles. The van der Waals surface area contributed by atoms with Crippen LogP contribution < -0.4 is 15.4 Å². The number of likely N-dealkylation sites (tertiary alicyclic amines) is 2. The summed E-state index contributed by atoms with van der Waals surface area (Å²) in [4.78, 5) is 73.0. The lowest BCUT2D eigenvalue weighted by Gasteiger charge is -2.35. The van der Waals surface area contributed by atoms with Gasteiger partial charge in [-0.1, -0.05) is 39.0 Å². The Labute approximate surface area is 365 Å². The third kappa shape index (κ3) is 7.82. The van der Waals surface area contributed by atoms with Gasteiger partial charge >= 0.3 is 12.2 Å². The Balaban J connectivity index is 0.968. The topological polar surface area (TPSA) is 204 Å². The van der Waals surface area contributed by atoms with Crippen LogP contribution in [0, 0.1) is 11.8 Å². The molecule has 0 bridgehead atoms. The molecule has 4 aliphatic rings. The van der Waals surface area contributed by atoms with E-state index >= 15 is 0 Å². The zero-order chi connectivity index (χ0) is 44.1. The molecule has 3 saturated heterocycles. The smallest absolute Gasteiger partial charge is 0.407 e. The van der Waals surface area contributed by atoms with Gasteiger partial charge in [0.2, 0.25) is 11.8 Å². The van der Waals surface area contributed by atoms with E-state index in [9.17, 15) is 24.3 Å². The first kappa shape index (κ1) is 42.2. The number of benzene rings is 3. The van der Waals surface area contributed by atoms with Crippen molar-refractivity contribution < 1.29 is 38.5 Å². The predicted octanol–water partition coefficient (Wildman–Crippen LogP) is 7.60. The van der Waals surface area contributed by atoms with E-state index in [1.807, 2.05) is 42.8 Å². The molecular weight excluding hydrogens is 805 g/mol. The maximum absolute atomic E-state index is 14.2. The first-order valence-corrected chi connectivity index (χ1v) is 22.3. The van der Waals surface area contributed by atoms with E-state index in [-0.39, 0.29) is 47.8 Å². The van der Waals surface area contributed by atoms with Gasteiger partial charge in [0.15, 0.2) is 0 Å². The molecule has 16 nitrogen and oxygen atoms in total. The van der Waals surface area contributed by atoms with Gasteiger partial charge in [-0.3, -0.25) is 9.59 Å². The van der Waals surface area contributed by atoms with Crippen LogP contribution >= 0.6 is 0 Å². The van der Waals surface area contributed by atoms with Gasteiger partial charge in [0.05, 0.1) is 42.1 Å². The van der Waals surface area contributed by atoms with Gasteiger partial charge < -0.3 is 49.7 Å². The molecule has 5 N–H and O–H groups in total. The maximum Gasteiger partial charge on any atom is 0.407 e. The number of carbonyl (C=O) groups excluding carboxylic acids is 3. The first-order valence-electron chi connectivity index (χ1n) is 22.3. The van der Waals surface area contributed by atoms with Gasteiger partial charge in [-0.2, -0.15) is 0 Å². The Kier molecular flexibility index (Phi) is 11.5. The molecule has 6 atom stereocenters. The fraction of sp³-hybridized carbons (Fsp3) is 0.489. The van der Waals surface area contributed by atoms with Crippen molar-refractivity contribution in [3.05, 3.63) is 65.9 Å². The van der Waals surface area contributed by atoms with E-state index in [0.717, 1.165) is 81.2 Å². The normalized spacial score (nSPS) is 22.1. The highest BCUT2D eigenvalue weighted by molar-refractivity contribution is 6.07. The average molecular weight is 861 g/mol. The number of rotatable bonds is 10. The minimum Gasteiger partial charge on any atom is -0.488 e. The number of H-pyrrole nitrogens is 2. The van der Waals surface area contributed by atoms with Crippen LogP contribution in [0.2, 0.25) is 0 Å². The van der Waals surface area contributed by atoms with E-state index in [1.165, 1.54) is 7.11 Å². The van der Waals surface area contributed by atoms with E-state index < -0.39 is 24.3 Å². The summed E-state index contributed by atoms with van der Waals surface area (Å²) in [6, 6.07) is 12.4. The van der Waals surface area contributed by atoms with Crippen molar-refractivity contribution >= 4 is 45.8 Å². The number of aromatic nitrogens is 4. The van der Waals surface area contributed by atoms with Crippen molar-refractivity contribution in [2.75, 3.05) is 20.3 Å². The number of carboxylic acid groups (broad SMARTS) is 1. The number of nitrogens with zero attached hydrogens (tertiary/aromatic N) is 4. The molecule has 9 rings (SSSR count). The van der Waals surface area contributed by atoms with Crippen LogP contribution in [0.25, 0.3) is 44.2 Å². The van der Waals surface area contributed by atoms with Crippen molar-refractivity contribution in [2.45, 2.75) is 115 Å². The highest BCUT2D eigenvalue weighted by atomic mass is 16.5. The number of hydrogen-bond donors (Lipinski definition) is 5. The molecule has 3 fully saturated rings. The van der Waals surface area contributed by atoms with Crippen LogP contribution in [0.4, 0.5) is 9.59 Å². The molecule has 0 radical (unpaired) electrons. The van der Waals surface area contributed by atoms with Crippen molar-refractivity contribution in [1.29, 1.82) is 0 Å². The van der Waals surface area contributed by atoms with Gasteiger partial charge in [-0.05, 0) is 110 Å². The van der Waals surface area contributed by atoms with Gasteiger partial charge in [-0.15, -0.1) is 0 Å². The summed E-state index contributed by atoms with van der Waals surface area (Å²) in [7, 11) is 1.30. The summed E-state index contributed by atoms with van der Waals surface area (Å²) in [6.45, 7) is 9.29. The lowest BCUT2D eigenvalue weighted by Crippen LogP contribution is -2.54. The summed E-state index contributed by atoms with van der Waals surface area (Å²) >= 11 is 0. The van der Waals surface area contributed by atoms with Crippen molar-refractivity contribution in [1.82, 2.24) is 40.4 Å². The lowest BCUT2D eigenvalue weighted by molar-refractivity contribution is -0.139. The third-order valence-electron chi connectivity index (χ3n) is 13.7. The second-order valence-electron chi connectivity index (χ2n) is 17.8. The monoisotopic (exact) mass is 860 g/mol. The molecular formula is C47H56N8O8. The Morgan fingerprint density at radius 2 is 1.68 bits per heavy atom. The number of nitrogens with one attached hydrogen (secondary N) is 4. The minimum absolute atomic E-state index is 0.0297. The number of carbonyl (C=O) groups is 4. The average Bonchev–Trinajstić information content (AvgIpc) is 4.12. The Morgan fingerprint density at radius 1 is 0.905 bits per heavy atom. The molecule has 0 unspecified atom stereocenters. The number of amides is 4. The number of hydrogen-bond acceptors (Lipinski definition) is 9. The third-order valence-corrected chi connectivity index (χ3v) is 13.7. The summed E-state index contributed by atoms with van der Waals surface area (Å²) in [5.41, 5.74) is 6.51. The van der Waals surface area contributed by atoms with E-state index in [4.69, 9.17) is 24.2 Å². The summed E-state index contributed by atoms with van der Waals surface area (Å²) in [5.74, 6) is 1.53. The standard InChI is InChI=1S/C47H56N8O8/c1-6-30-10-14-36(55(30)44(56)39(24(2)3)53-47(60)61-5)42-48-22-35(50-42)28-8-11-31-29(19-28)23-63-38-21-32-27(20-33(31)38)9-12-34-41(32)51-43(49-34)37-13-7-25(4)54(37)45(57)40(52-46(58)59)26-15-17-62-18-16-26/h8-9,11-12,19-22,24-26,30,36-37,39-40,52H,6-7,10,13-18,23H2,1-5H3,(H,48,50)(H,49,51)(H,53,60)(H,58,59)/t25-,30-,36-,37-,39-,40-/m0/s1. The van der Waals surface area contributed by atoms with Gasteiger partial charge in [0.1, 0.15) is 36.1 Å². The van der Waals surface area contributed by atoms with Crippen molar-refractivity contribution in [2.24, 2.45) is 11.8 Å². The Bertz CT molecular complexity index is 2560. The number of methoxy groups -OCH3 is 1. The number of fused-ring (bicyclic) bond motifs is 6. The van der Waals surface area contributed by atoms with Crippen molar-refractivity contribution in [3.63, 3.8) is 0 Å². The largest absolute Gasteiger partial charge is 0.488 e. The molecule has 332 valence electrons. The molecule has 4 amide bonds. The van der Waals surface area contributed by atoms with Gasteiger partial charge in [0, 0.05) is 36.2 Å². The molecule has 0 spiro atoms. The molecule has 63 heavy (non-hydrogen) atoms. The molecule has 4 aliphatic heterocycles. The van der Waals surface area contributed by atoms with E-state index in [0.29, 0.717) is 50.7 Å². The SMILES string of the molecule is CC[C@H]1CC[C@@H](c2ncc(-c3ccc4c(c3)COc3cc5c(ccc6[nH]c([C@@H]7CC[C@H](C)N7C(=O)[C@@H](NC(=O)O)C7CCOCC7)nc65)cc3-4)[nH]2)N1C(=O)[C@@H](NC(=O)OC)C(C)C. The molecule has 0 aliphatic carbocycles. The van der Waals surface area contributed by atoms with Crippen LogP contribution in [-0.4, -0.2) is 103 Å². The van der Waals surface area contributed by atoms with Crippen LogP contribution in [0.15, 0.2) is 48.7 Å². The van der Waals surface area contributed by atoms with Gasteiger partial charge in [-0.25, -0.2) is 19.6 Å². The summed E-state index contributed by atoms with van der Waals surface area (Å²) in [5, 5.41) is 16.9. The summed E-state index contributed by atoms with van der Waals surface area (Å²) < 4.78 is 16.8. The van der Waals surface area contributed by atoms with Crippen LogP contribution in [0.5, 0.6) is 5.75 Å². The highest BCUT2D eigenvalue weighted by Crippen LogP contribution is 2.44. The Morgan fingerprint density at radius 3 is 2.43 bits per heavy atom.